The molecule has 59 heavy (non-hydrogen) atoms. The maximum atomic E-state index is 13.1. The highest BCUT2D eigenvalue weighted by atomic mass is 16.5. The van der Waals surface area contributed by atoms with E-state index in [1.807, 2.05) is 24.4 Å². The van der Waals surface area contributed by atoms with Gasteiger partial charge in [0, 0.05) is 101 Å². The zero-order chi connectivity index (χ0) is 40.5. The number of anilines is 1. The molecule has 312 valence electrons. The van der Waals surface area contributed by atoms with E-state index in [0.717, 1.165) is 113 Å². The van der Waals surface area contributed by atoms with Gasteiger partial charge in [-0.05, 0) is 93.0 Å². The van der Waals surface area contributed by atoms with Crippen LogP contribution >= 0.6 is 0 Å². The van der Waals surface area contributed by atoms with E-state index in [1.54, 1.807) is 11.6 Å². The van der Waals surface area contributed by atoms with Crippen LogP contribution in [0.25, 0.3) is 33.2 Å². The van der Waals surface area contributed by atoms with Gasteiger partial charge < -0.3 is 24.6 Å². The molecule has 3 aromatic heterocycles. The van der Waals surface area contributed by atoms with Crippen LogP contribution in [0.4, 0.5) is 5.95 Å². The summed E-state index contributed by atoms with van der Waals surface area (Å²) in [5.74, 6) is 0.00184. The number of rotatable bonds is 15. The zero-order valence-electron chi connectivity index (χ0n) is 34.2. The lowest BCUT2D eigenvalue weighted by atomic mass is 9.93. The number of piperidine rings is 1. The van der Waals surface area contributed by atoms with Crippen molar-refractivity contribution in [3.8, 4) is 11.1 Å². The second-order valence-corrected chi connectivity index (χ2v) is 17.1. The monoisotopic (exact) mass is 803 g/mol. The van der Waals surface area contributed by atoms with Crippen molar-refractivity contribution in [3.63, 3.8) is 0 Å². The number of imide groups is 1. The predicted molar refractivity (Wildman–Crippen MR) is 227 cm³/mol. The molecule has 2 saturated carbocycles. The average Bonchev–Trinajstić information content (AvgIpc) is 3.93. The Balaban J connectivity index is 0.708. The van der Waals surface area contributed by atoms with E-state index in [1.165, 1.54) is 34.1 Å². The molecule has 2 aromatic carbocycles. The third kappa shape index (κ3) is 8.86. The van der Waals surface area contributed by atoms with Gasteiger partial charge in [0.05, 0.1) is 17.1 Å². The first kappa shape index (κ1) is 39.6. The lowest BCUT2D eigenvalue weighted by Gasteiger charge is -2.34. The molecule has 2 saturated heterocycles. The van der Waals surface area contributed by atoms with Gasteiger partial charge in [0.25, 0.3) is 0 Å². The largest absolute Gasteiger partial charge is 0.393 e. The van der Waals surface area contributed by atoms with E-state index >= 15 is 0 Å². The summed E-state index contributed by atoms with van der Waals surface area (Å²) in [7, 11) is 1.73. The fourth-order valence-electron chi connectivity index (χ4n) is 9.24. The van der Waals surface area contributed by atoms with Crippen molar-refractivity contribution in [3.05, 3.63) is 76.5 Å². The minimum atomic E-state index is -0.674. The van der Waals surface area contributed by atoms with Crippen LogP contribution in [0.15, 0.2) is 59.7 Å². The topological polar surface area (TPSA) is 152 Å². The number of aliphatic hydroxyl groups excluding tert-OH is 1. The highest BCUT2D eigenvalue weighted by Gasteiger charge is 2.31. The van der Waals surface area contributed by atoms with Gasteiger partial charge >= 0.3 is 5.69 Å². The summed E-state index contributed by atoms with van der Waals surface area (Å²) < 4.78 is 11.5. The molecule has 5 heterocycles. The highest BCUT2D eigenvalue weighted by molar-refractivity contribution is 6.00. The van der Waals surface area contributed by atoms with Crippen molar-refractivity contribution >= 4 is 39.8 Å². The summed E-state index contributed by atoms with van der Waals surface area (Å²) >= 11 is 0. The van der Waals surface area contributed by atoms with Crippen LogP contribution in [0.1, 0.15) is 87.4 Å². The van der Waals surface area contributed by atoms with E-state index in [0.29, 0.717) is 36.6 Å². The molecule has 9 rings (SSSR count). The van der Waals surface area contributed by atoms with E-state index < -0.39 is 11.9 Å². The van der Waals surface area contributed by atoms with Gasteiger partial charge in [-0.15, -0.1) is 0 Å². The average molecular weight is 804 g/mol. The molecule has 5 aromatic rings. The third-order valence-electron chi connectivity index (χ3n) is 12.9. The van der Waals surface area contributed by atoms with Gasteiger partial charge in [-0.3, -0.25) is 28.9 Å². The van der Waals surface area contributed by atoms with Crippen LogP contribution in [0.3, 0.4) is 0 Å². The third-order valence-corrected chi connectivity index (χ3v) is 12.9. The summed E-state index contributed by atoms with van der Waals surface area (Å²) in [6.07, 6.45) is 13.3. The number of imidazole rings is 1. The maximum Gasteiger partial charge on any atom is 0.329 e. The number of piperazine rings is 1. The van der Waals surface area contributed by atoms with Crippen LogP contribution in [0, 0.1) is 0 Å². The Morgan fingerprint density at radius 2 is 1.61 bits per heavy atom. The van der Waals surface area contributed by atoms with E-state index in [2.05, 4.69) is 55.5 Å². The van der Waals surface area contributed by atoms with Gasteiger partial charge in [0.2, 0.25) is 17.8 Å². The number of benzene rings is 2. The van der Waals surface area contributed by atoms with Crippen LogP contribution in [0.5, 0.6) is 0 Å². The molecule has 1 unspecified atom stereocenters. The fourth-order valence-corrected chi connectivity index (χ4v) is 9.24. The van der Waals surface area contributed by atoms with Gasteiger partial charge in [-0.25, -0.2) is 9.78 Å². The molecule has 0 bridgehead atoms. The number of carbonyl (C=O) groups is 2. The van der Waals surface area contributed by atoms with Crippen LogP contribution in [-0.2, 0) is 34.3 Å². The van der Waals surface area contributed by atoms with Crippen molar-refractivity contribution in [1.82, 2.24) is 38.8 Å². The van der Waals surface area contributed by atoms with Gasteiger partial charge in [-0.1, -0.05) is 30.3 Å². The Labute approximate surface area is 344 Å². The smallest absolute Gasteiger partial charge is 0.329 e. The zero-order valence-corrected chi connectivity index (χ0v) is 34.2. The van der Waals surface area contributed by atoms with Crippen molar-refractivity contribution in [1.29, 1.82) is 0 Å². The molecule has 4 fully saturated rings. The number of nitrogens with zero attached hydrogens (tertiary/aromatic N) is 7. The second kappa shape index (κ2) is 17.4. The number of aliphatic hydroxyl groups is 1. The predicted octanol–water partition coefficient (Wildman–Crippen LogP) is 4.94. The molecule has 2 aliphatic carbocycles. The molecular weight excluding hydrogens is 747 g/mol. The number of ether oxygens (including phenoxy) is 1. The molecule has 2 aliphatic heterocycles. The number of carbonyl (C=O) groups excluding carboxylic acids is 2. The fraction of sp³-hybridized carbons (Fsp3) is 0.533. The minimum absolute atomic E-state index is 0.194. The molecule has 0 spiro atoms. The lowest BCUT2D eigenvalue weighted by Crippen LogP contribution is -2.46. The normalized spacial score (nSPS) is 22.0. The first-order valence-electron chi connectivity index (χ1n) is 21.7. The van der Waals surface area contributed by atoms with Crippen LogP contribution < -0.4 is 16.3 Å². The van der Waals surface area contributed by atoms with Crippen LogP contribution in [-0.4, -0.2) is 108 Å². The SMILES string of the molecule is Cn1c(=O)n(C2CCC(=O)NC2=O)c2ccc(CCCOCCCN3CCN(Cc4ccc(-c5cn([C@H]6CC[C@H](O)CC6)c6nc(NC7CC7)ncc56)cc4)CC3)cc21. The lowest BCUT2D eigenvalue weighted by molar-refractivity contribution is -0.135. The molecule has 3 N–H and O–H groups in total. The van der Waals surface area contributed by atoms with Gasteiger partial charge in [-0.2, -0.15) is 4.98 Å². The van der Waals surface area contributed by atoms with E-state index in [-0.39, 0.29) is 24.1 Å². The van der Waals surface area contributed by atoms with Gasteiger partial charge in [0.15, 0.2) is 0 Å². The number of fused-ring (bicyclic) bond motifs is 2. The molecule has 14 nitrogen and oxygen atoms in total. The van der Waals surface area contributed by atoms with E-state index in [9.17, 15) is 19.5 Å². The molecule has 0 radical (unpaired) electrons. The van der Waals surface area contributed by atoms with Crippen molar-refractivity contribution in [2.24, 2.45) is 7.05 Å². The summed E-state index contributed by atoms with van der Waals surface area (Å²) in [6, 6.07) is 15.1. The number of hydrogen-bond donors (Lipinski definition) is 3. The Bertz CT molecular complexity index is 2350. The number of aryl methyl sites for hydroxylation is 2. The molecular formula is C45H57N9O5. The highest BCUT2D eigenvalue weighted by Crippen LogP contribution is 2.37. The number of amides is 2. The Hall–Kier alpha value is -4.89. The minimum Gasteiger partial charge on any atom is -0.393 e. The molecule has 2 amide bonds. The van der Waals surface area contributed by atoms with E-state index in [4.69, 9.17) is 14.7 Å². The Kier molecular flexibility index (Phi) is 11.7. The summed E-state index contributed by atoms with van der Waals surface area (Å²) in [5, 5.41) is 17.1. The van der Waals surface area contributed by atoms with Crippen LogP contribution in [0.2, 0.25) is 0 Å². The second-order valence-electron chi connectivity index (χ2n) is 17.1. The number of nitrogens with one attached hydrogen (secondary N) is 2. The first-order chi connectivity index (χ1) is 28.8. The summed E-state index contributed by atoms with van der Waals surface area (Å²) in [6.45, 7) is 7.61. The van der Waals surface area contributed by atoms with Crippen molar-refractivity contribution in [2.45, 2.75) is 101 Å². The molecule has 14 heteroatoms. The van der Waals surface area contributed by atoms with Crippen molar-refractivity contribution in [2.75, 3.05) is 51.3 Å². The summed E-state index contributed by atoms with van der Waals surface area (Å²) in [5.41, 5.74) is 7.03. The maximum absolute atomic E-state index is 13.1. The molecule has 4 aliphatic rings. The quantitative estimate of drug-likeness (QED) is 0.0982. The standard InChI is InChI=1S/C45H57N9O5/c1-50-40-26-30(7-16-38(40)54(45(50)58)39-17-18-41(56)48-43(39)57)4-2-24-59-25-3-19-51-20-22-52(23-21-51)28-31-5-8-32(9-6-31)37-29-53(34-12-14-35(55)15-13-34)42-36(37)27-46-44(49-42)47-33-10-11-33/h5-9,16,26-27,29,33-35,39,55H,2-4,10-15,17-25,28H2,1H3,(H,46,47,49)(H,48,56,57)/t34-,35-,39?. The van der Waals surface area contributed by atoms with Crippen molar-refractivity contribution < 1.29 is 19.4 Å². The Morgan fingerprint density at radius 1 is 0.864 bits per heavy atom. The molecule has 1 atom stereocenters. The Morgan fingerprint density at radius 3 is 2.37 bits per heavy atom. The number of aromatic nitrogens is 5. The first-order valence-corrected chi connectivity index (χ1v) is 21.7. The van der Waals surface area contributed by atoms with Gasteiger partial charge in [0.1, 0.15) is 11.7 Å². The number of hydrogen-bond acceptors (Lipinski definition) is 10. The summed E-state index contributed by atoms with van der Waals surface area (Å²) in [4.78, 5) is 52.0.